The highest BCUT2D eigenvalue weighted by Crippen LogP contribution is 2.38. The molecular formula is C20H29N5O. The van der Waals surface area contributed by atoms with Crippen LogP contribution in [-0.2, 0) is 11.3 Å². The summed E-state index contributed by atoms with van der Waals surface area (Å²) in [6.07, 6.45) is 12.3. The smallest absolute Gasteiger partial charge is 0.224 e. The van der Waals surface area contributed by atoms with Gasteiger partial charge in [0.2, 0.25) is 5.91 Å². The number of carbonyl (C=O) groups is 1. The first kappa shape index (κ1) is 17.3. The molecule has 0 N–H and O–H groups in total. The minimum atomic E-state index is 0.248. The van der Waals surface area contributed by atoms with Crippen molar-refractivity contribution >= 4 is 5.91 Å². The number of likely N-dealkylation sites (tertiary alicyclic amines) is 1. The molecule has 0 radical (unpaired) electrons. The lowest BCUT2D eigenvalue weighted by Crippen LogP contribution is -2.40. The quantitative estimate of drug-likeness (QED) is 0.827. The van der Waals surface area contributed by atoms with Crippen molar-refractivity contribution in [1.29, 1.82) is 0 Å². The van der Waals surface area contributed by atoms with Gasteiger partial charge in [0.15, 0.2) is 0 Å². The monoisotopic (exact) mass is 355 g/mol. The Hall–Kier alpha value is -2.11. The maximum atomic E-state index is 12.5. The lowest BCUT2D eigenvalue weighted by Gasteiger charge is -2.36. The fraction of sp³-hybridized carbons (Fsp3) is 0.650. The number of hydrogen-bond donors (Lipinski definition) is 0. The molecule has 6 nitrogen and oxygen atoms in total. The second-order valence-electron chi connectivity index (χ2n) is 7.90. The third-order valence-corrected chi connectivity index (χ3v) is 5.98. The Morgan fingerprint density at radius 1 is 1.15 bits per heavy atom. The standard InChI is InChI=1S/C20H29N5O/c1-15-12-22-24(14-15)11-8-19(26)23-9-6-18(7-10-23)25-16(2)13-21-20(25)17-4-3-5-17/h12-14,17-18H,3-11H2,1-2H3. The third-order valence-electron chi connectivity index (χ3n) is 5.98. The van der Waals surface area contributed by atoms with Crippen molar-refractivity contribution in [3.8, 4) is 0 Å². The van der Waals surface area contributed by atoms with Crippen LogP contribution in [0.4, 0.5) is 0 Å². The van der Waals surface area contributed by atoms with Gasteiger partial charge < -0.3 is 9.47 Å². The van der Waals surface area contributed by atoms with E-state index in [-0.39, 0.29) is 5.91 Å². The summed E-state index contributed by atoms with van der Waals surface area (Å²) in [6, 6.07) is 0.492. The van der Waals surface area contributed by atoms with Crippen molar-refractivity contribution in [1.82, 2.24) is 24.2 Å². The van der Waals surface area contributed by atoms with Crippen LogP contribution in [0.2, 0.25) is 0 Å². The molecule has 0 spiro atoms. The van der Waals surface area contributed by atoms with E-state index in [9.17, 15) is 4.79 Å². The van der Waals surface area contributed by atoms with Crippen LogP contribution in [0.5, 0.6) is 0 Å². The predicted octanol–water partition coefficient (Wildman–Crippen LogP) is 3.22. The lowest BCUT2D eigenvalue weighted by molar-refractivity contribution is -0.132. The molecule has 1 aliphatic heterocycles. The fourth-order valence-corrected chi connectivity index (χ4v) is 4.24. The summed E-state index contributed by atoms with van der Waals surface area (Å²) in [5.74, 6) is 2.19. The first-order valence-corrected chi connectivity index (χ1v) is 9.92. The molecule has 2 fully saturated rings. The van der Waals surface area contributed by atoms with Crippen LogP contribution in [0.25, 0.3) is 0 Å². The summed E-state index contributed by atoms with van der Waals surface area (Å²) in [5.41, 5.74) is 2.40. The molecule has 26 heavy (non-hydrogen) atoms. The first-order chi connectivity index (χ1) is 12.6. The number of nitrogens with zero attached hydrogens (tertiary/aromatic N) is 5. The van der Waals surface area contributed by atoms with E-state index in [0.717, 1.165) is 31.5 Å². The molecule has 0 unspecified atom stereocenters. The largest absolute Gasteiger partial charge is 0.342 e. The summed E-state index contributed by atoms with van der Waals surface area (Å²) >= 11 is 0. The highest BCUT2D eigenvalue weighted by molar-refractivity contribution is 5.76. The molecule has 1 aliphatic carbocycles. The molecule has 1 saturated carbocycles. The summed E-state index contributed by atoms with van der Waals surface area (Å²) < 4.78 is 4.33. The van der Waals surface area contributed by atoms with E-state index < -0.39 is 0 Å². The predicted molar refractivity (Wildman–Crippen MR) is 100.0 cm³/mol. The van der Waals surface area contributed by atoms with Gasteiger partial charge in [0.1, 0.15) is 5.82 Å². The van der Waals surface area contributed by atoms with Crippen molar-refractivity contribution < 1.29 is 4.79 Å². The van der Waals surface area contributed by atoms with Crippen molar-refractivity contribution in [2.24, 2.45) is 0 Å². The highest BCUT2D eigenvalue weighted by atomic mass is 16.2. The van der Waals surface area contributed by atoms with Gasteiger partial charge in [0.25, 0.3) is 0 Å². The number of aromatic nitrogens is 4. The molecule has 2 aromatic rings. The lowest BCUT2D eigenvalue weighted by atomic mass is 9.84. The van der Waals surface area contributed by atoms with Gasteiger partial charge in [-0.3, -0.25) is 9.48 Å². The Labute approximate surface area is 155 Å². The van der Waals surface area contributed by atoms with Crippen LogP contribution in [0.3, 0.4) is 0 Å². The number of rotatable bonds is 5. The van der Waals surface area contributed by atoms with E-state index in [1.54, 1.807) is 0 Å². The molecule has 3 heterocycles. The van der Waals surface area contributed by atoms with E-state index >= 15 is 0 Å². The van der Waals surface area contributed by atoms with Crippen LogP contribution in [-0.4, -0.2) is 43.2 Å². The number of piperidine rings is 1. The zero-order valence-corrected chi connectivity index (χ0v) is 15.9. The molecule has 0 bridgehead atoms. The average Bonchev–Trinajstić information content (AvgIpc) is 3.17. The highest BCUT2D eigenvalue weighted by Gasteiger charge is 2.30. The molecule has 1 amide bonds. The fourth-order valence-electron chi connectivity index (χ4n) is 4.24. The number of carbonyl (C=O) groups excluding carboxylic acids is 1. The Kier molecular flexibility index (Phi) is 4.83. The minimum absolute atomic E-state index is 0.248. The Balaban J connectivity index is 1.32. The summed E-state index contributed by atoms with van der Waals surface area (Å²) in [5, 5.41) is 4.26. The van der Waals surface area contributed by atoms with Crippen molar-refractivity contribution in [3.05, 3.63) is 35.7 Å². The molecule has 1 saturated heterocycles. The van der Waals surface area contributed by atoms with Gasteiger partial charge in [-0.05, 0) is 45.1 Å². The van der Waals surface area contributed by atoms with Crippen LogP contribution < -0.4 is 0 Å². The molecule has 0 atom stereocenters. The van der Waals surface area contributed by atoms with Crippen molar-refractivity contribution in [2.45, 2.75) is 70.9 Å². The van der Waals surface area contributed by atoms with E-state index in [1.807, 2.05) is 35.1 Å². The summed E-state index contributed by atoms with van der Waals surface area (Å²) in [7, 11) is 0. The Bertz CT molecular complexity index is 765. The molecule has 140 valence electrons. The Morgan fingerprint density at radius 3 is 2.54 bits per heavy atom. The van der Waals surface area contributed by atoms with E-state index in [1.165, 1.54) is 30.8 Å². The number of amides is 1. The second-order valence-corrected chi connectivity index (χ2v) is 7.90. The van der Waals surface area contributed by atoms with Gasteiger partial charge in [-0.1, -0.05) is 6.42 Å². The Morgan fingerprint density at radius 2 is 1.92 bits per heavy atom. The van der Waals surface area contributed by atoms with Gasteiger partial charge in [-0.2, -0.15) is 5.10 Å². The van der Waals surface area contributed by atoms with Crippen LogP contribution in [0.1, 0.15) is 67.6 Å². The van der Waals surface area contributed by atoms with Gasteiger partial charge in [-0.25, -0.2) is 4.98 Å². The molecule has 6 heteroatoms. The molecule has 4 rings (SSSR count). The van der Waals surface area contributed by atoms with E-state index in [0.29, 0.717) is 24.9 Å². The maximum Gasteiger partial charge on any atom is 0.224 e. The van der Waals surface area contributed by atoms with Crippen LogP contribution in [0.15, 0.2) is 18.6 Å². The summed E-state index contributed by atoms with van der Waals surface area (Å²) in [6.45, 7) is 6.55. The van der Waals surface area contributed by atoms with E-state index in [4.69, 9.17) is 4.98 Å². The summed E-state index contributed by atoms with van der Waals surface area (Å²) in [4.78, 5) is 19.3. The zero-order valence-electron chi connectivity index (χ0n) is 15.9. The molecule has 2 aliphatic rings. The molecule has 2 aromatic heterocycles. The SMILES string of the molecule is Cc1cnn(CCC(=O)N2CCC(n3c(C)cnc3C3CCC3)CC2)c1. The first-order valence-electron chi connectivity index (χ1n) is 9.92. The topological polar surface area (TPSA) is 56.0 Å². The average molecular weight is 355 g/mol. The zero-order chi connectivity index (χ0) is 18.1. The van der Waals surface area contributed by atoms with Gasteiger partial charge in [0, 0.05) is 56.1 Å². The molecule has 0 aromatic carbocycles. The number of aryl methyl sites for hydroxylation is 3. The maximum absolute atomic E-state index is 12.5. The van der Waals surface area contributed by atoms with Gasteiger partial charge >= 0.3 is 0 Å². The minimum Gasteiger partial charge on any atom is -0.342 e. The number of hydrogen-bond acceptors (Lipinski definition) is 3. The van der Waals surface area contributed by atoms with E-state index in [2.05, 4.69) is 16.6 Å². The van der Waals surface area contributed by atoms with Crippen molar-refractivity contribution in [3.63, 3.8) is 0 Å². The van der Waals surface area contributed by atoms with Gasteiger partial charge in [-0.15, -0.1) is 0 Å². The second kappa shape index (κ2) is 7.25. The number of imidazole rings is 1. The molecular weight excluding hydrogens is 326 g/mol. The third kappa shape index (κ3) is 3.41. The van der Waals surface area contributed by atoms with Crippen LogP contribution >= 0.6 is 0 Å². The van der Waals surface area contributed by atoms with Crippen LogP contribution in [0, 0.1) is 13.8 Å². The van der Waals surface area contributed by atoms with Gasteiger partial charge in [0.05, 0.1) is 6.20 Å². The normalized spacial score (nSPS) is 18.9. The van der Waals surface area contributed by atoms with Crippen molar-refractivity contribution in [2.75, 3.05) is 13.1 Å².